The predicted molar refractivity (Wildman–Crippen MR) is 83.7 cm³/mol. The van der Waals surface area contributed by atoms with Crippen LogP contribution in [-0.2, 0) is 6.54 Å². The zero-order valence-corrected chi connectivity index (χ0v) is 12.1. The Morgan fingerprint density at radius 3 is 2.64 bits per heavy atom. The minimum atomic E-state index is -0.201. The van der Waals surface area contributed by atoms with Crippen LogP contribution in [0, 0.1) is 0 Å². The molecule has 5 heteroatoms. The highest BCUT2D eigenvalue weighted by atomic mass is 16.5. The van der Waals surface area contributed by atoms with Crippen molar-refractivity contribution < 1.29 is 9.53 Å². The highest BCUT2D eigenvalue weighted by Crippen LogP contribution is 2.17. The number of fused-ring (bicyclic) bond motifs is 1. The lowest BCUT2D eigenvalue weighted by Crippen LogP contribution is -2.23. The van der Waals surface area contributed by atoms with Gasteiger partial charge in [0.05, 0.1) is 42.1 Å². The molecule has 1 aromatic heterocycles. The van der Waals surface area contributed by atoms with E-state index >= 15 is 0 Å². The van der Waals surface area contributed by atoms with E-state index in [9.17, 15) is 4.79 Å². The standard InChI is InChI=1S/C17H15N3O2/c1-22-16-9-5-2-6-13(16)17(21)19-11-12-10-18-14-7-3-4-8-15(14)20-12/h2-10H,11H2,1H3,(H,19,21). The number of nitrogens with one attached hydrogen (secondary N) is 1. The molecular formula is C17H15N3O2. The van der Waals surface area contributed by atoms with E-state index in [2.05, 4.69) is 15.3 Å². The zero-order valence-electron chi connectivity index (χ0n) is 12.1. The van der Waals surface area contributed by atoms with E-state index < -0.39 is 0 Å². The van der Waals surface area contributed by atoms with E-state index in [1.54, 1.807) is 31.5 Å². The van der Waals surface area contributed by atoms with Crippen molar-refractivity contribution >= 4 is 16.9 Å². The van der Waals surface area contributed by atoms with Crippen LogP contribution in [0.1, 0.15) is 16.1 Å². The van der Waals surface area contributed by atoms with E-state index in [-0.39, 0.29) is 5.91 Å². The molecule has 0 fully saturated rings. The van der Waals surface area contributed by atoms with Crippen LogP contribution in [0.5, 0.6) is 5.75 Å². The molecule has 0 bridgehead atoms. The van der Waals surface area contributed by atoms with Gasteiger partial charge in [0.2, 0.25) is 0 Å². The highest BCUT2D eigenvalue weighted by molar-refractivity contribution is 5.96. The second-order valence-corrected chi connectivity index (χ2v) is 4.73. The van der Waals surface area contributed by atoms with Gasteiger partial charge in [-0.25, -0.2) is 4.98 Å². The number of nitrogens with zero attached hydrogens (tertiary/aromatic N) is 2. The topological polar surface area (TPSA) is 64.1 Å². The van der Waals surface area contributed by atoms with Gasteiger partial charge in [-0.3, -0.25) is 9.78 Å². The first-order valence-corrected chi connectivity index (χ1v) is 6.90. The SMILES string of the molecule is COc1ccccc1C(=O)NCc1cnc2ccccc2n1. The van der Waals surface area contributed by atoms with Gasteiger partial charge in [-0.2, -0.15) is 0 Å². The first-order chi connectivity index (χ1) is 10.8. The van der Waals surface area contributed by atoms with Gasteiger partial charge in [-0.1, -0.05) is 24.3 Å². The number of rotatable bonds is 4. The Kier molecular flexibility index (Phi) is 3.96. The summed E-state index contributed by atoms with van der Waals surface area (Å²) in [6.45, 7) is 0.314. The Morgan fingerprint density at radius 1 is 1.09 bits per heavy atom. The molecule has 110 valence electrons. The number of benzene rings is 2. The van der Waals surface area contributed by atoms with Gasteiger partial charge in [-0.05, 0) is 24.3 Å². The molecule has 0 spiro atoms. The first-order valence-electron chi connectivity index (χ1n) is 6.90. The Hall–Kier alpha value is -2.95. The lowest BCUT2D eigenvalue weighted by Gasteiger charge is -2.09. The molecule has 0 saturated heterocycles. The van der Waals surface area contributed by atoms with Crippen LogP contribution < -0.4 is 10.1 Å². The van der Waals surface area contributed by atoms with E-state index in [0.29, 0.717) is 23.6 Å². The van der Waals surface area contributed by atoms with Crippen LogP contribution in [0.25, 0.3) is 11.0 Å². The third-order valence-corrected chi connectivity index (χ3v) is 3.28. The molecule has 2 aromatic carbocycles. The molecule has 0 atom stereocenters. The predicted octanol–water partition coefficient (Wildman–Crippen LogP) is 2.57. The number of para-hydroxylation sites is 3. The number of amides is 1. The Morgan fingerprint density at radius 2 is 1.82 bits per heavy atom. The van der Waals surface area contributed by atoms with Crippen molar-refractivity contribution in [2.75, 3.05) is 7.11 Å². The molecule has 5 nitrogen and oxygen atoms in total. The molecule has 0 aliphatic rings. The summed E-state index contributed by atoms with van der Waals surface area (Å²) in [6, 6.07) is 14.7. The lowest BCUT2D eigenvalue weighted by atomic mass is 10.2. The fraction of sp³-hybridized carbons (Fsp3) is 0.118. The minimum absolute atomic E-state index is 0.201. The second-order valence-electron chi connectivity index (χ2n) is 4.73. The normalized spacial score (nSPS) is 10.4. The van der Waals surface area contributed by atoms with Crippen LogP contribution in [0.15, 0.2) is 54.7 Å². The minimum Gasteiger partial charge on any atom is -0.496 e. The monoisotopic (exact) mass is 293 g/mol. The third kappa shape index (κ3) is 2.88. The molecule has 0 unspecified atom stereocenters. The van der Waals surface area contributed by atoms with Crippen LogP contribution in [0.3, 0.4) is 0 Å². The van der Waals surface area contributed by atoms with Crippen molar-refractivity contribution in [2.45, 2.75) is 6.54 Å². The van der Waals surface area contributed by atoms with Gasteiger partial charge in [0.1, 0.15) is 5.75 Å². The molecule has 0 aliphatic heterocycles. The number of ether oxygens (including phenoxy) is 1. The molecule has 1 amide bonds. The number of carbonyl (C=O) groups is 1. The Balaban J connectivity index is 1.74. The fourth-order valence-corrected chi connectivity index (χ4v) is 2.18. The van der Waals surface area contributed by atoms with Crippen molar-refractivity contribution in [1.29, 1.82) is 0 Å². The number of carbonyl (C=O) groups excluding carboxylic acids is 1. The van der Waals surface area contributed by atoms with E-state index in [4.69, 9.17) is 4.74 Å². The smallest absolute Gasteiger partial charge is 0.255 e. The van der Waals surface area contributed by atoms with Crippen LogP contribution in [0.2, 0.25) is 0 Å². The number of aromatic nitrogens is 2. The number of hydrogen-bond acceptors (Lipinski definition) is 4. The van der Waals surface area contributed by atoms with Crippen molar-refractivity contribution in [2.24, 2.45) is 0 Å². The molecule has 3 rings (SSSR count). The summed E-state index contributed by atoms with van der Waals surface area (Å²) in [4.78, 5) is 21.0. The van der Waals surface area contributed by atoms with Gasteiger partial charge in [0, 0.05) is 0 Å². The first kappa shape index (κ1) is 14.0. The molecule has 0 saturated carbocycles. The number of hydrogen-bond donors (Lipinski definition) is 1. The highest BCUT2D eigenvalue weighted by Gasteiger charge is 2.11. The Labute approximate surface area is 128 Å². The molecule has 3 aromatic rings. The average Bonchev–Trinajstić information content (AvgIpc) is 2.59. The second kappa shape index (κ2) is 6.22. The van der Waals surface area contributed by atoms with Crippen LogP contribution >= 0.6 is 0 Å². The van der Waals surface area contributed by atoms with Gasteiger partial charge < -0.3 is 10.1 Å². The van der Waals surface area contributed by atoms with Crippen molar-refractivity contribution in [3.8, 4) is 5.75 Å². The van der Waals surface area contributed by atoms with Crippen LogP contribution in [-0.4, -0.2) is 23.0 Å². The molecule has 22 heavy (non-hydrogen) atoms. The van der Waals surface area contributed by atoms with Gasteiger partial charge >= 0.3 is 0 Å². The summed E-state index contributed by atoms with van der Waals surface area (Å²) in [5.41, 5.74) is 2.86. The van der Waals surface area contributed by atoms with E-state index in [0.717, 1.165) is 11.0 Å². The van der Waals surface area contributed by atoms with E-state index in [1.165, 1.54) is 0 Å². The summed E-state index contributed by atoms with van der Waals surface area (Å²) in [7, 11) is 1.54. The van der Waals surface area contributed by atoms with Gasteiger partial charge in [-0.15, -0.1) is 0 Å². The summed E-state index contributed by atoms with van der Waals surface area (Å²) < 4.78 is 5.19. The maximum Gasteiger partial charge on any atom is 0.255 e. The summed E-state index contributed by atoms with van der Waals surface area (Å²) >= 11 is 0. The lowest BCUT2D eigenvalue weighted by molar-refractivity contribution is 0.0947. The molecular weight excluding hydrogens is 278 g/mol. The molecule has 0 aliphatic carbocycles. The van der Waals surface area contributed by atoms with Crippen molar-refractivity contribution in [1.82, 2.24) is 15.3 Å². The van der Waals surface area contributed by atoms with Crippen LogP contribution in [0.4, 0.5) is 0 Å². The summed E-state index contributed by atoms with van der Waals surface area (Å²) in [5.74, 6) is 0.344. The maximum atomic E-state index is 12.2. The summed E-state index contributed by atoms with van der Waals surface area (Å²) in [6.07, 6.45) is 1.67. The molecule has 0 radical (unpaired) electrons. The molecule has 1 N–H and O–H groups in total. The molecule has 1 heterocycles. The maximum absolute atomic E-state index is 12.2. The van der Waals surface area contributed by atoms with Crippen molar-refractivity contribution in [3.05, 3.63) is 66.0 Å². The fourth-order valence-electron chi connectivity index (χ4n) is 2.18. The zero-order chi connectivity index (χ0) is 15.4. The number of methoxy groups -OCH3 is 1. The third-order valence-electron chi connectivity index (χ3n) is 3.28. The Bertz CT molecular complexity index is 818. The average molecular weight is 293 g/mol. The van der Waals surface area contributed by atoms with Gasteiger partial charge in [0.25, 0.3) is 5.91 Å². The van der Waals surface area contributed by atoms with Gasteiger partial charge in [0.15, 0.2) is 0 Å². The quantitative estimate of drug-likeness (QED) is 0.803. The van der Waals surface area contributed by atoms with Crippen molar-refractivity contribution in [3.63, 3.8) is 0 Å². The van der Waals surface area contributed by atoms with E-state index in [1.807, 2.05) is 30.3 Å². The largest absolute Gasteiger partial charge is 0.496 e. The summed E-state index contributed by atoms with van der Waals surface area (Å²) in [5, 5.41) is 2.83.